The van der Waals surface area contributed by atoms with Crippen LogP contribution in [-0.4, -0.2) is 14.8 Å². The highest BCUT2D eigenvalue weighted by Crippen LogP contribution is 2.32. The summed E-state index contributed by atoms with van der Waals surface area (Å²) in [5.74, 6) is 0. The van der Waals surface area contributed by atoms with Crippen molar-refractivity contribution in [3.05, 3.63) is 0 Å². The predicted octanol–water partition coefficient (Wildman–Crippen LogP) is 5.82. The van der Waals surface area contributed by atoms with Crippen LogP contribution in [0, 0.1) is 0 Å². The molecule has 0 saturated carbocycles. The highest BCUT2D eigenvalue weighted by atomic mass is 35.6. The summed E-state index contributed by atoms with van der Waals surface area (Å²) in [6, 6.07) is 7.37. The molecule has 92 valence electrons. The summed E-state index contributed by atoms with van der Waals surface area (Å²) in [5.41, 5.74) is 0. The zero-order valence-electron chi connectivity index (χ0n) is 10.7. The van der Waals surface area contributed by atoms with E-state index in [0.29, 0.717) is 0 Å². The molecule has 0 unspecified atom stereocenters. The highest BCUT2D eigenvalue weighted by Gasteiger charge is 2.30. The Balaban J connectivity index is 3.96. The molecular weight excluding hydrogens is 259 g/mol. The van der Waals surface area contributed by atoms with Crippen molar-refractivity contribution >= 4 is 36.9 Å². The molecule has 0 aromatic heterocycles. The molecule has 0 aliphatic carbocycles. The molecule has 0 saturated heterocycles. The molecule has 0 aliphatic rings. The van der Waals surface area contributed by atoms with Gasteiger partial charge in [-0.3, -0.25) is 0 Å². The number of hydrogen-bond donors (Lipinski definition) is 0. The third-order valence-electron chi connectivity index (χ3n) is 3.78. The summed E-state index contributed by atoms with van der Waals surface area (Å²) in [6.45, 7) is 8.98. The van der Waals surface area contributed by atoms with Crippen molar-refractivity contribution < 1.29 is 0 Å². The maximum Gasteiger partial charge on any atom is 0.156 e. The lowest BCUT2D eigenvalue weighted by Crippen LogP contribution is -2.28. The molecule has 0 N–H and O–H groups in total. The summed E-state index contributed by atoms with van der Waals surface area (Å²) in [4.78, 5) is 0. The largest absolute Gasteiger partial charge is 0.167 e. The smallest absolute Gasteiger partial charge is 0.156 e. The molecular formula is C11H26Cl2Si2. The van der Waals surface area contributed by atoms with E-state index in [1.165, 1.54) is 42.7 Å². The van der Waals surface area contributed by atoms with E-state index in [1.54, 1.807) is 0 Å². The lowest BCUT2D eigenvalue weighted by molar-refractivity contribution is 0.992. The Kier molecular flexibility index (Phi) is 7.86. The molecule has 0 bridgehead atoms. The van der Waals surface area contributed by atoms with Gasteiger partial charge in [-0.25, -0.2) is 0 Å². The van der Waals surface area contributed by atoms with Crippen LogP contribution < -0.4 is 0 Å². The van der Waals surface area contributed by atoms with Gasteiger partial charge in [0.05, 0.1) is 0 Å². The predicted molar refractivity (Wildman–Crippen MR) is 79.4 cm³/mol. The van der Waals surface area contributed by atoms with Crippen LogP contribution >= 0.6 is 22.2 Å². The van der Waals surface area contributed by atoms with Crippen molar-refractivity contribution in [2.24, 2.45) is 0 Å². The fraction of sp³-hybridized carbons (Fsp3) is 1.00. The first kappa shape index (κ1) is 16.0. The first-order valence-electron chi connectivity index (χ1n) is 6.33. The third kappa shape index (κ3) is 5.76. The molecule has 0 spiro atoms. The van der Waals surface area contributed by atoms with Crippen LogP contribution in [0.15, 0.2) is 0 Å². The van der Waals surface area contributed by atoms with Gasteiger partial charge in [0.25, 0.3) is 0 Å². The molecule has 15 heavy (non-hydrogen) atoms. The van der Waals surface area contributed by atoms with Gasteiger partial charge in [-0.05, 0) is 36.3 Å². The minimum absolute atomic E-state index is 1.21. The van der Waals surface area contributed by atoms with E-state index in [4.69, 9.17) is 22.2 Å². The van der Waals surface area contributed by atoms with E-state index in [-0.39, 0.29) is 0 Å². The molecule has 0 rings (SSSR count). The van der Waals surface area contributed by atoms with Crippen molar-refractivity contribution in [1.29, 1.82) is 0 Å². The quantitative estimate of drug-likeness (QED) is 0.389. The molecule has 0 radical (unpaired) electrons. The zero-order chi connectivity index (χ0) is 11.9. The topological polar surface area (TPSA) is 0 Å². The van der Waals surface area contributed by atoms with Crippen LogP contribution in [0.2, 0.25) is 36.3 Å². The monoisotopic (exact) mass is 284 g/mol. The Hall–Kier alpha value is 1.01. The second-order valence-electron chi connectivity index (χ2n) is 4.57. The minimum atomic E-state index is -1.39. The van der Waals surface area contributed by atoms with Crippen molar-refractivity contribution in [1.82, 2.24) is 0 Å². The van der Waals surface area contributed by atoms with Crippen LogP contribution in [0.3, 0.4) is 0 Å². The standard InChI is InChI=1S/C11H26Cl2Si2/c1-5-14(12,6-2)10-9-11-15(13,7-3)8-4/h5-11H2,1-4H3. The second-order valence-corrected chi connectivity index (χ2v) is 17.8. The lowest BCUT2D eigenvalue weighted by atomic mass is 10.6. The summed E-state index contributed by atoms with van der Waals surface area (Å²) in [7, 11) is -2.77. The van der Waals surface area contributed by atoms with E-state index >= 15 is 0 Å². The van der Waals surface area contributed by atoms with Crippen LogP contribution in [0.4, 0.5) is 0 Å². The molecule has 0 aromatic rings. The van der Waals surface area contributed by atoms with E-state index in [0.717, 1.165) is 0 Å². The number of hydrogen-bond acceptors (Lipinski definition) is 0. The van der Waals surface area contributed by atoms with E-state index < -0.39 is 14.8 Å². The van der Waals surface area contributed by atoms with Crippen LogP contribution in [-0.2, 0) is 0 Å². The van der Waals surface area contributed by atoms with Gasteiger partial charge in [0.2, 0.25) is 0 Å². The molecule has 0 atom stereocenters. The molecule has 0 heterocycles. The van der Waals surface area contributed by atoms with Gasteiger partial charge in [-0.2, -0.15) is 22.2 Å². The van der Waals surface area contributed by atoms with Crippen LogP contribution in [0.5, 0.6) is 0 Å². The lowest BCUT2D eigenvalue weighted by Gasteiger charge is -2.25. The minimum Gasteiger partial charge on any atom is -0.167 e. The average Bonchev–Trinajstić information content (AvgIpc) is 2.28. The van der Waals surface area contributed by atoms with E-state index in [1.807, 2.05) is 0 Å². The Morgan fingerprint density at radius 1 is 0.667 bits per heavy atom. The number of halogens is 2. The number of rotatable bonds is 8. The third-order valence-corrected chi connectivity index (χ3v) is 15.7. The Morgan fingerprint density at radius 3 is 1.13 bits per heavy atom. The Morgan fingerprint density at radius 2 is 0.933 bits per heavy atom. The van der Waals surface area contributed by atoms with Crippen molar-refractivity contribution in [3.63, 3.8) is 0 Å². The normalized spacial score (nSPS) is 13.2. The summed E-state index contributed by atoms with van der Waals surface area (Å²) < 4.78 is 0. The van der Waals surface area contributed by atoms with Crippen LogP contribution in [0.1, 0.15) is 34.1 Å². The van der Waals surface area contributed by atoms with E-state index in [9.17, 15) is 0 Å². The zero-order valence-corrected chi connectivity index (χ0v) is 14.2. The van der Waals surface area contributed by atoms with Gasteiger partial charge in [-0.1, -0.05) is 34.1 Å². The molecule has 4 heteroatoms. The average molecular weight is 285 g/mol. The summed E-state index contributed by atoms with van der Waals surface area (Å²) in [5, 5.41) is 0. The van der Waals surface area contributed by atoms with Crippen LogP contribution in [0.25, 0.3) is 0 Å². The maximum atomic E-state index is 6.63. The molecule has 0 aliphatic heterocycles. The van der Waals surface area contributed by atoms with Gasteiger partial charge < -0.3 is 0 Å². The first-order valence-corrected chi connectivity index (χ1v) is 13.6. The fourth-order valence-corrected chi connectivity index (χ4v) is 7.12. The van der Waals surface area contributed by atoms with Gasteiger partial charge >= 0.3 is 0 Å². The van der Waals surface area contributed by atoms with Crippen molar-refractivity contribution in [3.8, 4) is 0 Å². The van der Waals surface area contributed by atoms with Gasteiger partial charge in [-0.15, -0.1) is 0 Å². The van der Waals surface area contributed by atoms with Crippen molar-refractivity contribution in [2.45, 2.75) is 70.4 Å². The maximum absolute atomic E-state index is 6.63. The SMILES string of the molecule is CC[Si](Cl)(CC)CCC[Si](Cl)(CC)CC. The Labute approximate surface area is 107 Å². The Bertz CT molecular complexity index is 148. The molecule has 0 nitrogen and oxygen atoms in total. The summed E-state index contributed by atoms with van der Waals surface area (Å²) in [6.07, 6.45) is 1.27. The van der Waals surface area contributed by atoms with Gasteiger partial charge in [0.15, 0.2) is 14.8 Å². The molecule has 0 aromatic carbocycles. The van der Waals surface area contributed by atoms with Gasteiger partial charge in [0.1, 0.15) is 0 Å². The molecule has 0 amide bonds. The highest BCUT2D eigenvalue weighted by molar-refractivity contribution is 7.21. The molecule has 0 fully saturated rings. The van der Waals surface area contributed by atoms with Crippen molar-refractivity contribution in [2.75, 3.05) is 0 Å². The summed E-state index contributed by atoms with van der Waals surface area (Å²) >= 11 is 13.3. The second kappa shape index (κ2) is 7.36. The fourth-order valence-electron chi connectivity index (χ4n) is 1.93. The van der Waals surface area contributed by atoms with E-state index in [2.05, 4.69) is 27.7 Å². The van der Waals surface area contributed by atoms with Gasteiger partial charge in [0, 0.05) is 0 Å². The first-order chi connectivity index (χ1) is 6.95.